The molecule has 0 unspecified atom stereocenters. The molecule has 2 amide bonds. The summed E-state index contributed by atoms with van der Waals surface area (Å²) in [6.45, 7) is 0. The first-order chi connectivity index (χ1) is 12.5. The molecule has 0 bridgehead atoms. The molecule has 0 aliphatic rings. The van der Waals surface area contributed by atoms with Crippen molar-refractivity contribution in [1.29, 1.82) is 0 Å². The van der Waals surface area contributed by atoms with Crippen LogP contribution in [0, 0.1) is 10.1 Å². The third-order valence-electron chi connectivity index (χ3n) is 3.37. The number of thioether (sulfide) groups is 1. The maximum absolute atomic E-state index is 12.0. The van der Waals surface area contributed by atoms with Gasteiger partial charge in [0.2, 0.25) is 5.91 Å². The number of nitrogens with zero attached hydrogens (tertiary/aromatic N) is 3. The van der Waals surface area contributed by atoms with Crippen molar-refractivity contribution in [3.63, 3.8) is 0 Å². The van der Waals surface area contributed by atoms with Crippen molar-refractivity contribution in [2.75, 3.05) is 5.75 Å². The average Bonchev–Trinajstić information content (AvgIpc) is 3.07. The summed E-state index contributed by atoms with van der Waals surface area (Å²) >= 11 is 1.22. The number of benzene rings is 1. The second kappa shape index (κ2) is 7.66. The van der Waals surface area contributed by atoms with E-state index in [0.717, 1.165) is 11.6 Å². The van der Waals surface area contributed by atoms with Crippen LogP contribution < -0.4 is 10.9 Å². The Balaban J connectivity index is 1.53. The Labute approximate surface area is 151 Å². The zero-order valence-corrected chi connectivity index (χ0v) is 14.1. The number of non-ortho nitro benzene ring substituents is 1. The van der Waals surface area contributed by atoms with Gasteiger partial charge in [-0.3, -0.25) is 35.0 Å². The number of aromatic nitrogens is 2. The normalized spacial score (nSPS) is 10.5. The fourth-order valence-corrected chi connectivity index (χ4v) is 2.92. The monoisotopic (exact) mass is 371 g/mol. The van der Waals surface area contributed by atoms with Gasteiger partial charge in [0.05, 0.1) is 22.4 Å². The number of nitrogens with one attached hydrogen (secondary N) is 2. The summed E-state index contributed by atoms with van der Waals surface area (Å²) in [6.07, 6.45) is 3.54. The number of nitro benzene ring substituents is 1. The molecule has 2 aromatic heterocycles. The number of hydrogen-bond donors (Lipinski definition) is 2. The summed E-state index contributed by atoms with van der Waals surface area (Å²) in [4.78, 5) is 38.2. The summed E-state index contributed by atoms with van der Waals surface area (Å²) in [5.74, 6) is -1.02. The number of pyridine rings is 1. The fourth-order valence-electron chi connectivity index (χ4n) is 2.15. The van der Waals surface area contributed by atoms with E-state index in [-0.39, 0.29) is 17.0 Å². The zero-order chi connectivity index (χ0) is 18.5. The van der Waals surface area contributed by atoms with Crippen LogP contribution in [0.5, 0.6) is 0 Å². The Morgan fingerprint density at radius 1 is 1.19 bits per heavy atom. The highest BCUT2D eigenvalue weighted by Gasteiger charge is 2.13. The number of carbonyl (C=O) groups is 2. The molecule has 3 aromatic rings. The highest BCUT2D eigenvalue weighted by atomic mass is 32.2. The van der Waals surface area contributed by atoms with E-state index < -0.39 is 16.7 Å². The molecule has 0 saturated heterocycles. The van der Waals surface area contributed by atoms with Gasteiger partial charge in [0.1, 0.15) is 0 Å². The second-order valence-corrected chi connectivity index (χ2v) is 6.08. The van der Waals surface area contributed by atoms with Crippen LogP contribution in [0.15, 0.2) is 60.0 Å². The molecule has 0 aliphatic heterocycles. The summed E-state index contributed by atoms with van der Waals surface area (Å²) in [6, 6.07) is 10.9. The molecule has 26 heavy (non-hydrogen) atoms. The first kappa shape index (κ1) is 17.4. The van der Waals surface area contributed by atoms with Crippen LogP contribution in [0.4, 0.5) is 5.69 Å². The standard InChI is InChI=1S/C16H13N5O4S/c22-14(10-26-16-17-9-13-5-1-2-7-20(13)16)18-19-15(23)11-4-3-6-12(8-11)21(24)25/h1-9H,10H2,(H,18,22)(H,19,23). The third-order valence-corrected chi connectivity index (χ3v) is 4.34. The van der Waals surface area contributed by atoms with E-state index in [1.807, 2.05) is 28.8 Å². The van der Waals surface area contributed by atoms with Gasteiger partial charge in [-0.25, -0.2) is 4.98 Å². The minimum Gasteiger partial charge on any atom is -0.295 e. The first-order valence-corrected chi connectivity index (χ1v) is 8.41. The Morgan fingerprint density at radius 3 is 2.85 bits per heavy atom. The largest absolute Gasteiger partial charge is 0.295 e. The molecule has 10 heteroatoms. The van der Waals surface area contributed by atoms with Crippen molar-refractivity contribution in [2.45, 2.75) is 5.16 Å². The number of carbonyl (C=O) groups excluding carboxylic acids is 2. The number of fused-ring (bicyclic) bond motifs is 1. The van der Waals surface area contributed by atoms with E-state index in [0.29, 0.717) is 5.16 Å². The molecule has 1 aromatic carbocycles. The Kier molecular flexibility index (Phi) is 5.13. The lowest BCUT2D eigenvalue weighted by Crippen LogP contribution is -2.42. The minimum atomic E-state index is -0.640. The van der Waals surface area contributed by atoms with Crippen molar-refractivity contribution < 1.29 is 14.5 Å². The molecule has 9 nitrogen and oxygen atoms in total. The summed E-state index contributed by atoms with van der Waals surface area (Å²) in [7, 11) is 0. The average molecular weight is 371 g/mol. The number of rotatable bonds is 5. The fraction of sp³-hybridized carbons (Fsp3) is 0.0625. The molecule has 2 heterocycles. The maximum Gasteiger partial charge on any atom is 0.270 e. The Bertz CT molecular complexity index is 987. The summed E-state index contributed by atoms with van der Waals surface area (Å²) in [5.41, 5.74) is 5.29. The second-order valence-electron chi connectivity index (χ2n) is 5.13. The number of imidazole rings is 1. The molecule has 0 aliphatic carbocycles. The predicted molar refractivity (Wildman–Crippen MR) is 94.6 cm³/mol. The lowest BCUT2D eigenvalue weighted by molar-refractivity contribution is -0.384. The highest BCUT2D eigenvalue weighted by molar-refractivity contribution is 7.99. The molecule has 132 valence electrons. The van der Waals surface area contributed by atoms with Gasteiger partial charge in [-0.2, -0.15) is 0 Å². The molecule has 0 saturated carbocycles. The van der Waals surface area contributed by atoms with Crippen LogP contribution >= 0.6 is 11.8 Å². The van der Waals surface area contributed by atoms with Crippen molar-refractivity contribution in [3.8, 4) is 0 Å². The topological polar surface area (TPSA) is 119 Å². The van der Waals surface area contributed by atoms with Gasteiger partial charge < -0.3 is 0 Å². The lowest BCUT2D eigenvalue weighted by atomic mass is 10.2. The van der Waals surface area contributed by atoms with Gasteiger partial charge in [-0.1, -0.05) is 23.9 Å². The predicted octanol–water partition coefficient (Wildman–Crippen LogP) is 1.80. The van der Waals surface area contributed by atoms with E-state index in [1.165, 1.54) is 30.0 Å². The molecule has 0 fully saturated rings. The summed E-state index contributed by atoms with van der Waals surface area (Å²) < 4.78 is 1.85. The molecule has 3 rings (SSSR count). The molecule has 0 radical (unpaired) electrons. The number of hydrazine groups is 1. The van der Waals surface area contributed by atoms with Crippen molar-refractivity contribution in [1.82, 2.24) is 20.2 Å². The van der Waals surface area contributed by atoms with Crippen molar-refractivity contribution in [3.05, 3.63) is 70.5 Å². The molecule has 0 spiro atoms. The van der Waals surface area contributed by atoms with Crippen LogP contribution in [0.25, 0.3) is 5.52 Å². The van der Waals surface area contributed by atoms with Crippen molar-refractivity contribution in [2.24, 2.45) is 0 Å². The smallest absolute Gasteiger partial charge is 0.270 e. The van der Waals surface area contributed by atoms with Crippen LogP contribution in [0.3, 0.4) is 0 Å². The van der Waals surface area contributed by atoms with E-state index in [1.54, 1.807) is 6.20 Å². The van der Waals surface area contributed by atoms with E-state index in [9.17, 15) is 19.7 Å². The quantitative estimate of drug-likeness (QED) is 0.401. The third kappa shape index (κ3) is 3.98. The van der Waals surface area contributed by atoms with Gasteiger partial charge in [-0.15, -0.1) is 0 Å². The SMILES string of the molecule is O=C(CSc1ncc2ccccn12)NNC(=O)c1cccc([N+](=O)[O-])c1. The minimum absolute atomic E-state index is 0.0449. The first-order valence-electron chi connectivity index (χ1n) is 7.43. The van der Waals surface area contributed by atoms with Crippen molar-refractivity contribution >= 4 is 34.8 Å². The molecular weight excluding hydrogens is 358 g/mol. The summed E-state index contributed by atoms with van der Waals surface area (Å²) in [5, 5.41) is 11.4. The molecular formula is C16H13N5O4S. The molecule has 0 atom stereocenters. The Hall–Kier alpha value is -3.40. The van der Waals surface area contributed by atoms with Crippen LogP contribution in [0.2, 0.25) is 0 Å². The van der Waals surface area contributed by atoms with Crippen LogP contribution in [0.1, 0.15) is 10.4 Å². The molecule has 2 N–H and O–H groups in total. The van der Waals surface area contributed by atoms with Gasteiger partial charge in [0, 0.05) is 23.9 Å². The van der Waals surface area contributed by atoms with Crippen LogP contribution in [-0.4, -0.2) is 31.9 Å². The number of amides is 2. The van der Waals surface area contributed by atoms with Gasteiger partial charge in [0.25, 0.3) is 11.6 Å². The zero-order valence-electron chi connectivity index (χ0n) is 13.3. The van der Waals surface area contributed by atoms with Gasteiger partial charge in [-0.05, 0) is 18.2 Å². The van der Waals surface area contributed by atoms with E-state index >= 15 is 0 Å². The maximum atomic E-state index is 12.0. The Morgan fingerprint density at radius 2 is 2.04 bits per heavy atom. The lowest BCUT2D eigenvalue weighted by Gasteiger charge is -2.07. The highest BCUT2D eigenvalue weighted by Crippen LogP contribution is 2.17. The van der Waals surface area contributed by atoms with Crippen LogP contribution in [-0.2, 0) is 4.79 Å². The van der Waals surface area contributed by atoms with Gasteiger partial charge >= 0.3 is 0 Å². The van der Waals surface area contributed by atoms with E-state index in [2.05, 4.69) is 15.8 Å². The van der Waals surface area contributed by atoms with E-state index in [4.69, 9.17) is 0 Å². The van der Waals surface area contributed by atoms with Gasteiger partial charge in [0.15, 0.2) is 5.16 Å². The number of nitro groups is 1. The number of hydrogen-bond acceptors (Lipinski definition) is 6.